The minimum absolute atomic E-state index is 0.162. The Bertz CT molecular complexity index is 1310. The molecule has 0 saturated carbocycles. The van der Waals surface area contributed by atoms with Gasteiger partial charge >= 0.3 is 0 Å². The topological polar surface area (TPSA) is 95.1 Å². The van der Waals surface area contributed by atoms with E-state index in [1.807, 2.05) is 17.5 Å². The molecular weight excluding hydrogens is 414 g/mol. The number of hydrogen-bond acceptors (Lipinski definition) is 6. The van der Waals surface area contributed by atoms with Crippen LogP contribution in [0.5, 0.6) is 0 Å². The Morgan fingerprint density at radius 1 is 1.21 bits per heavy atom. The third-order valence-electron chi connectivity index (χ3n) is 4.41. The number of aromatic nitrogens is 2. The van der Waals surface area contributed by atoms with Crippen LogP contribution in [0.4, 0.5) is 5.69 Å². The summed E-state index contributed by atoms with van der Waals surface area (Å²) < 4.78 is 1.22. The lowest BCUT2D eigenvalue weighted by Gasteiger charge is -2.06. The number of hydrogen-bond donors (Lipinski definition) is 0. The highest BCUT2D eigenvalue weighted by molar-refractivity contribution is 7.17. The molecule has 0 aliphatic carbocycles. The number of fused-ring (bicyclic) bond motifs is 1. The third kappa shape index (κ3) is 3.67. The van der Waals surface area contributed by atoms with E-state index in [1.165, 1.54) is 46.5 Å². The van der Waals surface area contributed by atoms with Gasteiger partial charge in [0.25, 0.3) is 11.2 Å². The van der Waals surface area contributed by atoms with Crippen molar-refractivity contribution in [2.24, 2.45) is 0 Å². The van der Waals surface area contributed by atoms with Crippen molar-refractivity contribution in [1.82, 2.24) is 9.55 Å². The number of benzene rings is 2. The molecular formula is C20H12ClN3O4S. The van der Waals surface area contributed by atoms with E-state index < -0.39 is 10.7 Å². The van der Waals surface area contributed by atoms with Gasteiger partial charge in [0.05, 0.1) is 23.2 Å². The summed E-state index contributed by atoms with van der Waals surface area (Å²) in [5.74, 6) is -0.416. The highest BCUT2D eigenvalue weighted by Gasteiger charge is 2.16. The van der Waals surface area contributed by atoms with Gasteiger partial charge in [-0.05, 0) is 17.7 Å². The summed E-state index contributed by atoms with van der Waals surface area (Å²) in [7, 11) is 0. The largest absolute Gasteiger partial charge is 0.292 e. The van der Waals surface area contributed by atoms with Crippen molar-refractivity contribution < 1.29 is 9.72 Å². The Labute approximate surface area is 173 Å². The summed E-state index contributed by atoms with van der Waals surface area (Å²) in [5, 5.41) is 13.8. The summed E-state index contributed by atoms with van der Waals surface area (Å²) >= 11 is 7.28. The summed E-state index contributed by atoms with van der Waals surface area (Å²) in [5.41, 5.74) is 1.17. The quantitative estimate of drug-likeness (QED) is 0.265. The van der Waals surface area contributed by atoms with Crippen molar-refractivity contribution in [3.05, 3.63) is 91.3 Å². The molecule has 0 amide bonds. The first-order valence-electron chi connectivity index (χ1n) is 8.44. The third-order valence-corrected chi connectivity index (χ3v) is 5.55. The van der Waals surface area contributed by atoms with Crippen LogP contribution in [0.3, 0.4) is 0 Å². The monoisotopic (exact) mass is 425 g/mol. The van der Waals surface area contributed by atoms with Crippen molar-refractivity contribution in [2.45, 2.75) is 6.54 Å². The fourth-order valence-corrected chi connectivity index (χ4v) is 3.99. The maximum Gasteiger partial charge on any atom is 0.270 e. The molecule has 2 aromatic carbocycles. The molecule has 144 valence electrons. The zero-order valence-corrected chi connectivity index (χ0v) is 16.3. The lowest BCUT2D eigenvalue weighted by molar-refractivity contribution is -0.384. The number of thiophene rings is 1. The second kappa shape index (κ2) is 7.57. The maximum absolute atomic E-state index is 13.0. The first-order valence-corrected chi connectivity index (χ1v) is 9.70. The summed E-state index contributed by atoms with van der Waals surface area (Å²) in [6, 6.07) is 12.5. The molecule has 29 heavy (non-hydrogen) atoms. The van der Waals surface area contributed by atoms with E-state index in [2.05, 4.69) is 4.98 Å². The SMILES string of the molecule is O=C(Cn1cnc2scc(-c3ccc(Cl)cc3)c2c1=O)c1cccc([N+](=O)[O-])c1. The van der Waals surface area contributed by atoms with Crippen LogP contribution in [0.25, 0.3) is 21.3 Å². The van der Waals surface area contributed by atoms with Gasteiger partial charge in [-0.25, -0.2) is 4.98 Å². The zero-order chi connectivity index (χ0) is 20.5. The number of Topliss-reactive ketones (excluding diaryl/α,β-unsaturated/α-hetero) is 1. The van der Waals surface area contributed by atoms with Gasteiger partial charge < -0.3 is 0 Å². The van der Waals surface area contributed by atoms with Gasteiger partial charge in [0.2, 0.25) is 0 Å². The van der Waals surface area contributed by atoms with Crippen molar-refractivity contribution >= 4 is 44.6 Å². The van der Waals surface area contributed by atoms with Crippen LogP contribution in [-0.4, -0.2) is 20.3 Å². The number of halogens is 1. The van der Waals surface area contributed by atoms with Gasteiger partial charge in [-0.2, -0.15) is 0 Å². The predicted molar refractivity (Wildman–Crippen MR) is 112 cm³/mol. The highest BCUT2D eigenvalue weighted by atomic mass is 35.5. The molecule has 0 N–H and O–H groups in total. The van der Waals surface area contributed by atoms with Gasteiger partial charge in [0.1, 0.15) is 4.83 Å². The standard InChI is InChI=1S/C20H12ClN3O4S/c21-14-6-4-12(5-7-14)16-10-29-19-18(16)20(26)23(11-22-19)9-17(25)13-2-1-3-15(8-13)24(27)28/h1-8,10-11H,9H2. The van der Waals surface area contributed by atoms with Gasteiger partial charge in [-0.15, -0.1) is 11.3 Å². The number of nitro benzene ring substituents is 1. The fourth-order valence-electron chi connectivity index (χ4n) is 2.96. The lowest BCUT2D eigenvalue weighted by Crippen LogP contribution is -2.24. The maximum atomic E-state index is 13.0. The summed E-state index contributed by atoms with van der Waals surface area (Å²) in [4.78, 5) is 40.8. The summed E-state index contributed by atoms with van der Waals surface area (Å²) in [6.07, 6.45) is 1.32. The van der Waals surface area contributed by atoms with Crippen LogP contribution in [0, 0.1) is 10.1 Å². The van der Waals surface area contributed by atoms with E-state index in [1.54, 1.807) is 12.1 Å². The number of carbonyl (C=O) groups is 1. The van der Waals surface area contributed by atoms with Crippen molar-refractivity contribution in [2.75, 3.05) is 0 Å². The number of rotatable bonds is 5. The van der Waals surface area contributed by atoms with Crippen LogP contribution in [-0.2, 0) is 6.54 Å². The Morgan fingerprint density at radius 3 is 2.69 bits per heavy atom. The van der Waals surface area contributed by atoms with Gasteiger partial charge in [0.15, 0.2) is 5.78 Å². The van der Waals surface area contributed by atoms with Crippen LogP contribution in [0.15, 0.2) is 65.0 Å². The lowest BCUT2D eigenvalue weighted by atomic mass is 10.1. The highest BCUT2D eigenvalue weighted by Crippen LogP contribution is 2.31. The number of nitrogens with zero attached hydrogens (tertiary/aromatic N) is 3. The number of ketones is 1. The van der Waals surface area contributed by atoms with Gasteiger partial charge in [0, 0.05) is 33.7 Å². The molecule has 2 aromatic heterocycles. The van der Waals surface area contributed by atoms with Gasteiger partial charge in [-0.1, -0.05) is 35.9 Å². The molecule has 7 nitrogen and oxygen atoms in total. The van der Waals surface area contributed by atoms with E-state index in [0.29, 0.717) is 15.2 Å². The second-order valence-electron chi connectivity index (χ2n) is 6.24. The number of non-ortho nitro benzene ring substituents is 1. The van der Waals surface area contributed by atoms with E-state index in [-0.39, 0.29) is 23.4 Å². The van der Waals surface area contributed by atoms with Crippen molar-refractivity contribution in [3.8, 4) is 11.1 Å². The smallest absolute Gasteiger partial charge is 0.270 e. The van der Waals surface area contributed by atoms with Crippen LogP contribution in [0.1, 0.15) is 10.4 Å². The molecule has 0 atom stereocenters. The molecule has 4 rings (SSSR count). The number of carbonyl (C=O) groups excluding carboxylic acids is 1. The normalized spacial score (nSPS) is 10.9. The zero-order valence-electron chi connectivity index (χ0n) is 14.7. The summed E-state index contributed by atoms with van der Waals surface area (Å²) in [6.45, 7) is -0.265. The average Bonchev–Trinajstić information content (AvgIpc) is 3.15. The minimum atomic E-state index is -0.569. The van der Waals surface area contributed by atoms with Crippen LogP contribution < -0.4 is 5.56 Å². The Kier molecular flexibility index (Phi) is 4.96. The molecule has 0 fully saturated rings. The first kappa shape index (κ1) is 19.0. The molecule has 0 saturated heterocycles. The van der Waals surface area contributed by atoms with Crippen molar-refractivity contribution in [3.63, 3.8) is 0 Å². The molecule has 0 unspecified atom stereocenters. The van der Waals surface area contributed by atoms with E-state index >= 15 is 0 Å². The minimum Gasteiger partial charge on any atom is -0.292 e. The van der Waals surface area contributed by atoms with Gasteiger partial charge in [-0.3, -0.25) is 24.3 Å². The molecule has 9 heteroatoms. The Morgan fingerprint density at radius 2 is 1.97 bits per heavy atom. The molecule has 0 aliphatic rings. The van der Waals surface area contributed by atoms with Crippen LogP contribution >= 0.6 is 22.9 Å². The first-order chi connectivity index (χ1) is 13.9. The molecule has 2 heterocycles. The van der Waals surface area contributed by atoms with E-state index in [0.717, 1.165) is 11.1 Å². The Hall–Kier alpha value is -3.36. The predicted octanol–water partition coefficient (Wildman–Crippen LogP) is 4.57. The second-order valence-corrected chi connectivity index (χ2v) is 7.54. The van der Waals surface area contributed by atoms with E-state index in [4.69, 9.17) is 11.6 Å². The average molecular weight is 426 g/mol. The Balaban J connectivity index is 1.73. The number of nitro groups is 1. The molecule has 0 spiro atoms. The molecule has 0 bridgehead atoms. The molecule has 0 aliphatic heterocycles. The molecule has 4 aromatic rings. The molecule has 0 radical (unpaired) electrons. The van der Waals surface area contributed by atoms with Crippen LogP contribution in [0.2, 0.25) is 5.02 Å². The fraction of sp³-hybridized carbons (Fsp3) is 0.0500. The van der Waals surface area contributed by atoms with Crippen molar-refractivity contribution in [1.29, 1.82) is 0 Å². The van der Waals surface area contributed by atoms with E-state index in [9.17, 15) is 19.7 Å².